The van der Waals surface area contributed by atoms with Gasteiger partial charge in [0.15, 0.2) is 0 Å². The highest BCUT2D eigenvalue weighted by Gasteiger charge is 2.74. The third kappa shape index (κ3) is 6.04. The Balaban J connectivity index is 1.47. The van der Waals surface area contributed by atoms with Crippen LogP contribution in [0.2, 0.25) is 5.02 Å². The molecule has 0 aliphatic carbocycles. The Hall–Kier alpha value is -4.03. The van der Waals surface area contributed by atoms with Crippen LogP contribution in [0.25, 0.3) is 0 Å². The van der Waals surface area contributed by atoms with Gasteiger partial charge < -0.3 is 34.4 Å². The van der Waals surface area contributed by atoms with Crippen molar-refractivity contribution in [1.29, 1.82) is 0 Å². The normalized spacial score (nSPS) is 31.8. The number of ether oxygens (including phenoxy) is 3. The molecule has 12 heteroatoms. The zero-order chi connectivity index (χ0) is 34.0. The molecule has 4 heterocycles. The largest absolute Gasteiger partial charge is 0.455 e. The summed E-state index contributed by atoms with van der Waals surface area (Å²) in [7, 11) is 1.50. The van der Waals surface area contributed by atoms with Crippen molar-refractivity contribution in [2.75, 3.05) is 31.8 Å². The molecule has 8 atom stereocenters. The lowest BCUT2D eigenvalue weighted by molar-refractivity contribution is -0.162. The SMILES string of the molecule is CC[C@@H](CO)N1C(=O)[C@@H]2[C@H]3C(=O)O[C@@H](c4ccccc4)[C@H](COC)NC(=O)CC/C=C\CN(c4ccc(Cl)cc4)C(=O)[C@@H]1[C@]21C=C[C@H]3O1. The summed E-state index contributed by atoms with van der Waals surface area (Å²) < 4.78 is 18.2. The first-order valence-electron chi connectivity index (χ1n) is 16.3. The Morgan fingerprint density at radius 1 is 1.06 bits per heavy atom. The predicted molar refractivity (Wildman–Crippen MR) is 177 cm³/mol. The number of esters is 1. The van der Waals surface area contributed by atoms with E-state index in [0.717, 1.165) is 0 Å². The second-order valence-corrected chi connectivity index (χ2v) is 13.0. The number of hydrogen-bond donors (Lipinski definition) is 2. The number of aliphatic hydroxyl groups excluding tert-OH is 1. The highest BCUT2D eigenvalue weighted by Crippen LogP contribution is 2.56. The number of amides is 3. The lowest BCUT2D eigenvalue weighted by Crippen LogP contribution is -2.58. The average molecular weight is 678 g/mol. The van der Waals surface area contributed by atoms with E-state index < -0.39 is 65.6 Å². The van der Waals surface area contributed by atoms with Crippen LogP contribution in [0.4, 0.5) is 5.69 Å². The van der Waals surface area contributed by atoms with Gasteiger partial charge in [0.1, 0.15) is 23.7 Å². The topological polar surface area (TPSA) is 135 Å². The van der Waals surface area contributed by atoms with E-state index in [0.29, 0.717) is 29.1 Å². The number of allylic oxidation sites excluding steroid dienone is 1. The molecule has 1 spiro atoms. The van der Waals surface area contributed by atoms with Gasteiger partial charge in [-0.05, 0) is 42.7 Å². The summed E-state index contributed by atoms with van der Waals surface area (Å²) in [6.07, 6.45) is 6.18. The van der Waals surface area contributed by atoms with E-state index in [9.17, 15) is 24.3 Å². The van der Waals surface area contributed by atoms with Crippen molar-refractivity contribution in [3.8, 4) is 0 Å². The van der Waals surface area contributed by atoms with Crippen LogP contribution in [0.3, 0.4) is 0 Å². The van der Waals surface area contributed by atoms with Crippen LogP contribution in [-0.2, 0) is 33.4 Å². The minimum atomic E-state index is -1.48. The van der Waals surface area contributed by atoms with Gasteiger partial charge in [-0.2, -0.15) is 0 Å². The first-order chi connectivity index (χ1) is 23.2. The standard InChI is InChI=1S/C36H40ClN3O8/c1-3-24(20-41)40-32-34(44)39(25-15-13-23(37)14-16-25)19-9-5-8-12-28(42)38-26(21-46-2)31(22-10-6-4-7-11-22)47-35(45)29-27-17-18-36(32,48-27)30(29)33(40)43/h4-7,9-11,13-18,24,26-27,29-32,41H,3,8,12,19-21H2,1-2H3,(H,38,42)/b9-5-/t24-,26-,27+,29-,30-,31-,32+,36-/m0/s1. The smallest absolute Gasteiger partial charge is 0.313 e. The average Bonchev–Trinajstić information content (AvgIpc) is 3.73. The monoisotopic (exact) mass is 677 g/mol. The lowest BCUT2D eigenvalue weighted by Gasteiger charge is -2.38. The second kappa shape index (κ2) is 14.2. The van der Waals surface area contributed by atoms with Crippen molar-refractivity contribution in [2.45, 2.75) is 62.1 Å². The minimum absolute atomic E-state index is 0.0559. The van der Waals surface area contributed by atoms with E-state index in [-0.39, 0.29) is 32.1 Å². The van der Waals surface area contributed by atoms with Crippen LogP contribution in [-0.4, -0.2) is 90.4 Å². The van der Waals surface area contributed by atoms with E-state index in [4.69, 9.17) is 25.8 Å². The maximum absolute atomic E-state index is 14.9. The van der Waals surface area contributed by atoms with Gasteiger partial charge in [-0.1, -0.05) is 73.2 Å². The third-order valence-corrected chi connectivity index (χ3v) is 9.97. The van der Waals surface area contributed by atoms with E-state index >= 15 is 0 Å². The summed E-state index contributed by atoms with van der Waals surface area (Å²) in [6, 6.07) is 13.2. The molecule has 3 amide bonds. The number of nitrogens with zero attached hydrogens (tertiary/aromatic N) is 2. The molecule has 2 fully saturated rings. The predicted octanol–water partition coefficient (Wildman–Crippen LogP) is 3.36. The van der Waals surface area contributed by atoms with Gasteiger partial charge in [-0.15, -0.1) is 0 Å². The lowest BCUT2D eigenvalue weighted by atomic mass is 9.74. The molecule has 0 unspecified atom stereocenters. The molecule has 2 saturated heterocycles. The fourth-order valence-electron chi connectivity index (χ4n) is 7.46. The van der Waals surface area contributed by atoms with E-state index in [2.05, 4.69) is 5.32 Å². The third-order valence-electron chi connectivity index (χ3n) is 9.72. The Bertz CT molecular complexity index is 1580. The highest BCUT2D eigenvalue weighted by atomic mass is 35.5. The highest BCUT2D eigenvalue weighted by molar-refractivity contribution is 6.30. The van der Waals surface area contributed by atoms with Crippen LogP contribution < -0.4 is 10.2 Å². The number of fused-ring (bicyclic) bond motifs is 2. The number of hydrogen-bond acceptors (Lipinski definition) is 8. The first-order valence-corrected chi connectivity index (χ1v) is 16.7. The fraction of sp³-hybridized carbons (Fsp3) is 0.444. The quantitative estimate of drug-likeness (QED) is 0.337. The number of aliphatic hydroxyl groups is 1. The van der Waals surface area contributed by atoms with E-state index in [1.165, 1.54) is 16.9 Å². The molecule has 0 aromatic heterocycles. The summed E-state index contributed by atoms with van der Waals surface area (Å²) in [4.78, 5) is 59.9. The van der Waals surface area contributed by atoms with Gasteiger partial charge in [0.05, 0.1) is 37.3 Å². The van der Waals surface area contributed by atoms with Gasteiger partial charge in [0.2, 0.25) is 11.8 Å². The van der Waals surface area contributed by atoms with Crippen LogP contribution in [0.5, 0.6) is 0 Å². The Morgan fingerprint density at radius 3 is 2.50 bits per heavy atom. The number of benzene rings is 2. The zero-order valence-electron chi connectivity index (χ0n) is 26.9. The molecule has 4 aliphatic rings. The van der Waals surface area contributed by atoms with Crippen molar-refractivity contribution < 1.29 is 38.5 Å². The molecule has 2 aromatic rings. The van der Waals surface area contributed by atoms with Gasteiger partial charge in [-0.3, -0.25) is 19.2 Å². The second-order valence-electron chi connectivity index (χ2n) is 12.5. The molecule has 48 heavy (non-hydrogen) atoms. The summed E-state index contributed by atoms with van der Waals surface area (Å²) >= 11 is 6.18. The Kier molecular flexibility index (Phi) is 10.0. The molecule has 0 radical (unpaired) electrons. The van der Waals surface area contributed by atoms with Gasteiger partial charge >= 0.3 is 5.97 Å². The summed E-state index contributed by atoms with van der Waals surface area (Å²) in [5.74, 6) is -4.02. The van der Waals surface area contributed by atoms with Gasteiger partial charge in [-0.25, -0.2) is 0 Å². The van der Waals surface area contributed by atoms with E-state index in [1.54, 1.807) is 66.8 Å². The molecule has 254 valence electrons. The maximum Gasteiger partial charge on any atom is 0.313 e. The molecule has 11 nitrogen and oxygen atoms in total. The first kappa shape index (κ1) is 33.9. The number of methoxy groups -OCH3 is 1. The summed E-state index contributed by atoms with van der Waals surface area (Å²) in [5, 5.41) is 13.9. The molecule has 2 aromatic carbocycles. The number of anilines is 1. The molecular formula is C36H40ClN3O8. The van der Waals surface area contributed by atoms with Crippen LogP contribution >= 0.6 is 11.6 Å². The van der Waals surface area contributed by atoms with Crippen molar-refractivity contribution >= 4 is 41.0 Å². The number of carbonyl (C=O) groups excluding carboxylic acids is 4. The molecular weight excluding hydrogens is 638 g/mol. The summed E-state index contributed by atoms with van der Waals surface area (Å²) in [6.45, 7) is 1.62. The molecule has 6 rings (SSSR count). The number of likely N-dealkylation sites (tertiary alicyclic amines) is 1. The number of halogens is 1. The number of nitrogens with one attached hydrogen (secondary N) is 1. The van der Waals surface area contributed by atoms with Gasteiger partial charge in [0.25, 0.3) is 5.91 Å². The van der Waals surface area contributed by atoms with Crippen LogP contribution in [0.15, 0.2) is 78.9 Å². The summed E-state index contributed by atoms with van der Waals surface area (Å²) in [5.41, 5.74) is -0.303. The fourth-order valence-corrected chi connectivity index (χ4v) is 7.59. The van der Waals surface area contributed by atoms with Crippen molar-refractivity contribution in [3.05, 3.63) is 89.5 Å². The zero-order valence-corrected chi connectivity index (χ0v) is 27.6. The number of rotatable bonds is 7. The van der Waals surface area contributed by atoms with Crippen LogP contribution in [0.1, 0.15) is 37.9 Å². The molecule has 2 N–H and O–H groups in total. The minimum Gasteiger partial charge on any atom is -0.455 e. The molecule has 4 aliphatic heterocycles. The number of carbonyl (C=O) groups is 4. The Morgan fingerprint density at radius 2 is 1.81 bits per heavy atom. The molecule has 0 saturated carbocycles. The van der Waals surface area contributed by atoms with Crippen molar-refractivity contribution in [1.82, 2.24) is 10.2 Å². The molecule has 5 bridgehead atoms. The maximum atomic E-state index is 14.9. The van der Waals surface area contributed by atoms with E-state index in [1.807, 2.05) is 19.1 Å². The van der Waals surface area contributed by atoms with Gasteiger partial charge in [0, 0.05) is 30.8 Å². The number of cyclic esters (lactones) is 1. The van der Waals surface area contributed by atoms with Crippen LogP contribution in [0, 0.1) is 11.8 Å². The Labute approximate surface area is 284 Å². The van der Waals surface area contributed by atoms with Crippen molar-refractivity contribution in [3.63, 3.8) is 0 Å². The van der Waals surface area contributed by atoms with Crippen molar-refractivity contribution in [2.24, 2.45) is 11.8 Å².